The fraction of sp³-hybridized carbons (Fsp3) is 0.0556. The zero-order valence-electron chi connectivity index (χ0n) is 11.5. The lowest BCUT2D eigenvalue weighted by atomic mass is 10.2. The van der Waals surface area contributed by atoms with E-state index in [-0.39, 0.29) is 0 Å². The second kappa shape index (κ2) is 6.42. The summed E-state index contributed by atoms with van der Waals surface area (Å²) in [5, 5.41) is 5.07. The van der Waals surface area contributed by atoms with Gasteiger partial charge in [0.15, 0.2) is 0 Å². The molecule has 3 aromatic rings. The summed E-state index contributed by atoms with van der Waals surface area (Å²) >= 11 is 6.19. The van der Waals surface area contributed by atoms with Crippen LogP contribution < -0.4 is 5.32 Å². The maximum Gasteiger partial charge on any atom is 0.0948 e. The van der Waals surface area contributed by atoms with Crippen molar-refractivity contribution in [2.75, 3.05) is 11.9 Å². The summed E-state index contributed by atoms with van der Waals surface area (Å²) in [6.45, 7) is 0.738. The Morgan fingerprint density at radius 2 is 1.86 bits per heavy atom. The minimum Gasteiger partial charge on any atom is -0.380 e. The molecule has 2 nitrogen and oxygen atoms in total. The maximum atomic E-state index is 6.19. The number of aromatic nitrogens is 1. The van der Waals surface area contributed by atoms with E-state index < -0.39 is 0 Å². The lowest BCUT2D eigenvalue weighted by Crippen LogP contribution is -1.99. The van der Waals surface area contributed by atoms with Gasteiger partial charge in [0.05, 0.1) is 16.2 Å². The molecule has 0 aliphatic carbocycles. The molecular formula is C18H15ClN2. The fourth-order valence-corrected chi connectivity index (χ4v) is 2.42. The third kappa shape index (κ3) is 3.23. The normalized spacial score (nSPS) is 11.1. The fourth-order valence-electron chi connectivity index (χ4n) is 2.21. The van der Waals surface area contributed by atoms with E-state index in [1.54, 1.807) is 6.20 Å². The highest BCUT2D eigenvalue weighted by atomic mass is 35.5. The van der Waals surface area contributed by atoms with Crippen molar-refractivity contribution in [1.82, 2.24) is 4.98 Å². The van der Waals surface area contributed by atoms with Crippen LogP contribution in [0.4, 0.5) is 5.69 Å². The average Bonchev–Trinajstić information content (AvgIpc) is 2.55. The van der Waals surface area contributed by atoms with Crippen molar-refractivity contribution in [3.8, 4) is 0 Å². The van der Waals surface area contributed by atoms with Gasteiger partial charge >= 0.3 is 0 Å². The molecule has 1 N–H and O–H groups in total. The Bertz CT molecular complexity index is 767. The number of halogens is 1. The van der Waals surface area contributed by atoms with Crippen LogP contribution in [0.25, 0.3) is 17.0 Å². The van der Waals surface area contributed by atoms with Gasteiger partial charge in [-0.05, 0) is 29.8 Å². The van der Waals surface area contributed by atoms with E-state index in [2.05, 4.69) is 34.6 Å². The van der Waals surface area contributed by atoms with Crippen LogP contribution in [0.3, 0.4) is 0 Å². The first-order valence-electron chi connectivity index (χ1n) is 6.83. The Hall–Kier alpha value is -2.32. The second-order valence-electron chi connectivity index (χ2n) is 4.69. The van der Waals surface area contributed by atoms with Crippen LogP contribution >= 0.6 is 11.6 Å². The number of nitrogens with zero attached hydrogens (tertiary/aromatic N) is 1. The summed E-state index contributed by atoms with van der Waals surface area (Å²) in [4.78, 5) is 4.41. The van der Waals surface area contributed by atoms with Crippen LogP contribution in [0, 0.1) is 0 Å². The van der Waals surface area contributed by atoms with Gasteiger partial charge in [-0.1, -0.05) is 54.1 Å². The van der Waals surface area contributed by atoms with E-state index in [4.69, 9.17) is 11.6 Å². The van der Waals surface area contributed by atoms with Crippen LogP contribution in [0.2, 0.25) is 5.02 Å². The molecule has 0 saturated heterocycles. The minimum atomic E-state index is 0.725. The first-order valence-corrected chi connectivity index (χ1v) is 7.21. The molecule has 0 atom stereocenters. The van der Waals surface area contributed by atoms with Crippen molar-refractivity contribution < 1.29 is 0 Å². The van der Waals surface area contributed by atoms with E-state index in [0.717, 1.165) is 28.2 Å². The van der Waals surface area contributed by atoms with E-state index in [9.17, 15) is 0 Å². The molecule has 0 unspecified atom stereocenters. The highest BCUT2D eigenvalue weighted by Gasteiger charge is 2.04. The van der Waals surface area contributed by atoms with E-state index in [0.29, 0.717) is 0 Å². The second-order valence-corrected chi connectivity index (χ2v) is 5.10. The van der Waals surface area contributed by atoms with Crippen LogP contribution in [0.1, 0.15) is 5.56 Å². The van der Waals surface area contributed by atoms with Gasteiger partial charge in [-0.2, -0.15) is 0 Å². The molecule has 0 bridgehead atoms. The summed E-state index contributed by atoms with van der Waals surface area (Å²) in [6, 6.07) is 18.0. The van der Waals surface area contributed by atoms with E-state index in [1.807, 2.05) is 42.5 Å². The molecule has 1 aromatic heterocycles. The van der Waals surface area contributed by atoms with Gasteiger partial charge < -0.3 is 5.32 Å². The van der Waals surface area contributed by atoms with Gasteiger partial charge in [0, 0.05) is 18.1 Å². The van der Waals surface area contributed by atoms with E-state index in [1.165, 1.54) is 5.56 Å². The molecule has 0 radical (unpaired) electrons. The van der Waals surface area contributed by atoms with Crippen molar-refractivity contribution >= 4 is 34.3 Å². The molecule has 0 fully saturated rings. The molecule has 3 heteroatoms. The largest absolute Gasteiger partial charge is 0.380 e. The van der Waals surface area contributed by atoms with Gasteiger partial charge in [-0.15, -0.1) is 0 Å². The number of rotatable bonds is 4. The Balaban J connectivity index is 1.74. The third-order valence-electron chi connectivity index (χ3n) is 3.24. The number of hydrogen-bond donors (Lipinski definition) is 1. The highest BCUT2D eigenvalue weighted by Crippen LogP contribution is 2.27. The average molecular weight is 295 g/mol. The quantitative estimate of drug-likeness (QED) is 0.731. The maximum absolute atomic E-state index is 6.19. The standard InChI is InChI=1S/C18H15ClN2/c19-16-10-11-17(18-15(16)9-5-13-21-18)20-12-4-8-14-6-2-1-3-7-14/h1-11,13,20H,12H2/b8-4+. The zero-order chi connectivity index (χ0) is 14.5. The highest BCUT2D eigenvalue weighted by molar-refractivity contribution is 6.35. The topological polar surface area (TPSA) is 24.9 Å². The third-order valence-corrected chi connectivity index (χ3v) is 3.57. The number of fused-ring (bicyclic) bond motifs is 1. The SMILES string of the molecule is Clc1ccc(NC/C=C/c2ccccc2)c2ncccc12. The number of benzene rings is 2. The molecule has 0 aliphatic heterocycles. The Kier molecular flexibility index (Phi) is 4.17. The first-order chi connectivity index (χ1) is 10.3. The molecule has 1 heterocycles. The van der Waals surface area contributed by atoms with Crippen molar-refractivity contribution in [2.45, 2.75) is 0 Å². The van der Waals surface area contributed by atoms with Crippen LogP contribution in [-0.4, -0.2) is 11.5 Å². The summed E-state index contributed by atoms with van der Waals surface area (Å²) in [7, 11) is 0. The van der Waals surface area contributed by atoms with Crippen LogP contribution in [-0.2, 0) is 0 Å². The molecule has 0 saturated carbocycles. The van der Waals surface area contributed by atoms with Gasteiger partial charge in [0.2, 0.25) is 0 Å². The van der Waals surface area contributed by atoms with Crippen molar-refractivity contribution in [2.24, 2.45) is 0 Å². The lowest BCUT2D eigenvalue weighted by molar-refractivity contribution is 1.33. The molecule has 21 heavy (non-hydrogen) atoms. The molecule has 0 spiro atoms. The van der Waals surface area contributed by atoms with E-state index >= 15 is 0 Å². The number of hydrogen-bond acceptors (Lipinski definition) is 2. The predicted octanol–water partition coefficient (Wildman–Crippen LogP) is 5.01. The monoisotopic (exact) mass is 294 g/mol. The van der Waals surface area contributed by atoms with Crippen molar-refractivity contribution in [3.63, 3.8) is 0 Å². The van der Waals surface area contributed by atoms with Gasteiger partial charge in [-0.25, -0.2) is 0 Å². The Morgan fingerprint density at radius 3 is 2.71 bits per heavy atom. The lowest BCUT2D eigenvalue weighted by Gasteiger charge is -2.08. The van der Waals surface area contributed by atoms with Crippen LogP contribution in [0.5, 0.6) is 0 Å². The molecule has 0 aliphatic rings. The summed E-state index contributed by atoms with van der Waals surface area (Å²) in [5.74, 6) is 0. The van der Waals surface area contributed by atoms with Gasteiger partial charge in [-0.3, -0.25) is 4.98 Å². The summed E-state index contributed by atoms with van der Waals surface area (Å²) in [5.41, 5.74) is 3.09. The van der Waals surface area contributed by atoms with Crippen LogP contribution in [0.15, 0.2) is 66.9 Å². The number of anilines is 1. The molecule has 3 rings (SSSR count). The molecule has 0 amide bonds. The smallest absolute Gasteiger partial charge is 0.0948 e. The molecule has 2 aromatic carbocycles. The first kappa shape index (κ1) is 13.7. The minimum absolute atomic E-state index is 0.725. The number of pyridine rings is 1. The van der Waals surface area contributed by atoms with Gasteiger partial charge in [0.25, 0.3) is 0 Å². The molecule has 104 valence electrons. The summed E-state index contributed by atoms with van der Waals surface area (Å²) < 4.78 is 0. The Labute approximate surface area is 129 Å². The summed E-state index contributed by atoms with van der Waals surface area (Å²) in [6.07, 6.45) is 5.97. The zero-order valence-corrected chi connectivity index (χ0v) is 12.2. The van der Waals surface area contributed by atoms with Gasteiger partial charge in [0.1, 0.15) is 0 Å². The van der Waals surface area contributed by atoms with Crippen molar-refractivity contribution in [1.29, 1.82) is 0 Å². The Morgan fingerprint density at radius 1 is 1.00 bits per heavy atom. The number of nitrogens with one attached hydrogen (secondary N) is 1. The molecular weight excluding hydrogens is 280 g/mol. The predicted molar refractivity (Wildman–Crippen MR) is 90.7 cm³/mol. The van der Waals surface area contributed by atoms with Crippen molar-refractivity contribution in [3.05, 3.63) is 77.5 Å².